The molecule has 0 saturated carbocycles. The van der Waals surface area contributed by atoms with Crippen LogP contribution in [0.1, 0.15) is 55.1 Å². The van der Waals surface area contributed by atoms with Gasteiger partial charge in [0.15, 0.2) is 0 Å². The number of sulfonamides is 1. The Kier molecular flexibility index (Phi) is 5.57. The normalized spacial score (nSPS) is 20.8. The van der Waals surface area contributed by atoms with Crippen molar-refractivity contribution in [2.24, 2.45) is 5.92 Å². The molecule has 164 valence electrons. The molecule has 0 N–H and O–H groups in total. The van der Waals surface area contributed by atoms with E-state index in [1.165, 1.54) is 16.8 Å². The summed E-state index contributed by atoms with van der Waals surface area (Å²) in [5.41, 5.74) is 2.60. The molecule has 1 aromatic carbocycles. The topological polar surface area (TPSA) is 89.3 Å². The second-order valence-electron chi connectivity index (χ2n) is 8.60. The van der Waals surface area contributed by atoms with Crippen LogP contribution >= 0.6 is 0 Å². The molecule has 0 bridgehead atoms. The minimum absolute atomic E-state index is 0.0122. The molecule has 4 rings (SSSR count). The number of rotatable bonds is 4. The molecular weight excluding hydrogens is 422 g/mol. The van der Waals surface area contributed by atoms with E-state index in [2.05, 4.69) is 5.10 Å². The van der Waals surface area contributed by atoms with Crippen molar-refractivity contribution in [3.8, 4) is 0 Å². The zero-order valence-corrected chi connectivity index (χ0v) is 19.4. The van der Waals surface area contributed by atoms with Crippen LogP contribution in [0.15, 0.2) is 28.0 Å². The number of fused-ring (bicyclic) bond motifs is 1. The van der Waals surface area contributed by atoms with E-state index >= 15 is 0 Å². The third kappa shape index (κ3) is 3.61. The first-order valence-corrected chi connectivity index (χ1v) is 13.4. The van der Waals surface area contributed by atoms with E-state index in [4.69, 9.17) is 0 Å². The van der Waals surface area contributed by atoms with Gasteiger partial charge in [-0.1, -0.05) is 13.0 Å². The number of aryl methyl sites for hydroxylation is 3. The Labute approximate surface area is 179 Å². The Hall–Kier alpha value is -1.71. The minimum Gasteiger partial charge on any atom is -0.207 e. The SMILES string of the molecule is Cc1nn(S(=O)(=O)c2ccc3c(c2)CCCC3)c(C)c1S(=O)(=O)N1CCC[C@@H](C)C1. The fourth-order valence-electron chi connectivity index (χ4n) is 4.68. The van der Waals surface area contributed by atoms with Crippen molar-refractivity contribution in [1.82, 2.24) is 13.5 Å². The van der Waals surface area contributed by atoms with Gasteiger partial charge in [0.05, 0.1) is 16.3 Å². The fraction of sp³-hybridized carbons (Fsp3) is 0.571. The zero-order chi connectivity index (χ0) is 21.7. The molecule has 2 aromatic rings. The third-order valence-corrected chi connectivity index (χ3v) is 10.0. The van der Waals surface area contributed by atoms with Gasteiger partial charge in [0.25, 0.3) is 10.0 Å². The van der Waals surface area contributed by atoms with Gasteiger partial charge in [-0.2, -0.15) is 21.9 Å². The highest BCUT2D eigenvalue weighted by molar-refractivity contribution is 7.90. The number of benzene rings is 1. The maximum absolute atomic E-state index is 13.4. The van der Waals surface area contributed by atoms with Crippen LogP contribution in [0.25, 0.3) is 0 Å². The van der Waals surface area contributed by atoms with Crippen LogP contribution in [0.3, 0.4) is 0 Å². The summed E-state index contributed by atoms with van der Waals surface area (Å²) in [6.45, 7) is 6.02. The average molecular weight is 452 g/mol. The fourth-order valence-corrected chi connectivity index (χ4v) is 8.10. The summed E-state index contributed by atoms with van der Waals surface area (Å²) in [6, 6.07) is 5.21. The molecule has 0 radical (unpaired) electrons. The first-order chi connectivity index (χ1) is 14.1. The van der Waals surface area contributed by atoms with Gasteiger partial charge < -0.3 is 0 Å². The Balaban J connectivity index is 1.76. The van der Waals surface area contributed by atoms with Crippen molar-refractivity contribution >= 4 is 20.0 Å². The highest BCUT2D eigenvalue weighted by Gasteiger charge is 2.35. The second-order valence-corrected chi connectivity index (χ2v) is 12.2. The van der Waals surface area contributed by atoms with Gasteiger partial charge in [-0.15, -0.1) is 0 Å². The van der Waals surface area contributed by atoms with Crippen LogP contribution in [0.5, 0.6) is 0 Å². The molecule has 1 atom stereocenters. The number of hydrogen-bond donors (Lipinski definition) is 0. The van der Waals surface area contributed by atoms with Gasteiger partial charge in [0, 0.05) is 13.1 Å². The van der Waals surface area contributed by atoms with E-state index in [0.29, 0.717) is 13.1 Å². The number of nitrogens with zero attached hydrogens (tertiary/aromatic N) is 3. The molecule has 7 nitrogen and oxygen atoms in total. The average Bonchev–Trinajstić information content (AvgIpc) is 3.03. The van der Waals surface area contributed by atoms with Crippen LogP contribution in [0, 0.1) is 19.8 Å². The molecule has 1 aromatic heterocycles. The monoisotopic (exact) mass is 451 g/mol. The van der Waals surface area contributed by atoms with Gasteiger partial charge in [0.2, 0.25) is 10.0 Å². The van der Waals surface area contributed by atoms with Crippen molar-refractivity contribution in [1.29, 1.82) is 0 Å². The minimum atomic E-state index is -3.98. The molecule has 1 saturated heterocycles. The van der Waals surface area contributed by atoms with E-state index in [1.54, 1.807) is 19.1 Å². The van der Waals surface area contributed by atoms with Gasteiger partial charge >= 0.3 is 0 Å². The lowest BCUT2D eigenvalue weighted by molar-refractivity contribution is 0.281. The van der Waals surface area contributed by atoms with Gasteiger partial charge in [-0.3, -0.25) is 0 Å². The molecule has 2 aliphatic rings. The predicted octanol–water partition coefficient (Wildman–Crippen LogP) is 3.04. The summed E-state index contributed by atoms with van der Waals surface area (Å²) in [5, 5.41) is 4.17. The van der Waals surface area contributed by atoms with Crippen molar-refractivity contribution < 1.29 is 16.8 Å². The van der Waals surface area contributed by atoms with Gasteiger partial charge in [0.1, 0.15) is 4.90 Å². The van der Waals surface area contributed by atoms with Crippen molar-refractivity contribution in [3.05, 3.63) is 40.7 Å². The van der Waals surface area contributed by atoms with Crippen LogP contribution in [0.4, 0.5) is 0 Å². The van der Waals surface area contributed by atoms with Crippen molar-refractivity contribution in [3.63, 3.8) is 0 Å². The number of piperidine rings is 1. The van der Waals surface area contributed by atoms with Gasteiger partial charge in [-0.05, 0) is 81.5 Å². The van der Waals surface area contributed by atoms with Crippen LogP contribution in [-0.2, 0) is 32.9 Å². The molecular formula is C21H29N3O4S2. The molecule has 9 heteroatoms. The van der Waals surface area contributed by atoms with E-state index < -0.39 is 20.0 Å². The first kappa shape index (κ1) is 21.5. The smallest absolute Gasteiger partial charge is 0.207 e. The van der Waals surface area contributed by atoms with Crippen molar-refractivity contribution in [2.45, 2.75) is 69.1 Å². The summed E-state index contributed by atoms with van der Waals surface area (Å²) < 4.78 is 55.7. The molecule has 1 aliphatic carbocycles. The summed E-state index contributed by atoms with van der Waals surface area (Å²) in [4.78, 5) is 0.169. The molecule has 1 fully saturated rings. The highest BCUT2D eigenvalue weighted by atomic mass is 32.2. The van der Waals surface area contributed by atoms with E-state index in [1.807, 2.05) is 13.0 Å². The zero-order valence-electron chi connectivity index (χ0n) is 17.8. The number of hydrogen-bond acceptors (Lipinski definition) is 5. The van der Waals surface area contributed by atoms with Crippen LogP contribution in [0.2, 0.25) is 0 Å². The Morgan fingerprint density at radius 2 is 1.67 bits per heavy atom. The molecule has 30 heavy (non-hydrogen) atoms. The highest BCUT2D eigenvalue weighted by Crippen LogP contribution is 2.30. The van der Waals surface area contributed by atoms with Crippen LogP contribution in [-0.4, -0.2) is 43.4 Å². The number of aromatic nitrogens is 2. The van der Waals surface area contributed by atoms with E-state index in [0.717, 1.165) is 48.2 Å². The molecule has 0 amide bonds. The maximum atomic E-state index is 13.4. The predicted molar refractivity (Wildman–Crippen MR) is 115 cm³/mol. The summed E-state index contributed by atoms with van der Waals surface area (Å²) in [6.07, 6.45) is 5.80. The largest absolute Gasteiger partial charge is 0.283 e. The first-order valence-electron chi connectivity index (χ1n) is 10.6. The van der Waals surface area contributed by atoms with E-state index in [9.17, 15) is 16.8 Å². The molecule has 1 aliphatic heterocycles. The lowest BCUT2D eigenvalue weighted by atomic mass is 9.92. The van der Waals surface area contributed by atoms with E-state index in [-0.39, 0.29) is 27.1 Å². The van der Waals surface area contributed by atoms with Crippen LogP contribution < -0.4 is 0 Å². The quantitative estimate of drug-likeness (QED) is 0.713. The third-order valence-electron chi connectivity index (χ3n) is 6.25. The second kappa shape index (κ2) is 7.76. The molecule has 0 spiro atoms. The molecule has 2 heterocycles. The van der Waals surface area contributed by atoms with Crippen molar-refractivity contribution in [2.75, 3.05) is 13.1 Å². The van der Waals surface area contributed by atoms with Gasteiger partial charge in [-0.25, -0.2) is 8.42 Å². The lowest BCUT2D eigenvalue weighted by Gasteiger charge is -2.30. The molecule has 0 unspecified atom stereocenters. The maximum Gasteiger partial charge on any atom is 0.283 e. The Morgan fingerprint density at radius 3 is 2.37 bits per heavy atom. The Morgan fingerprint density at radius 1 is 0.967 bits per heavy atom. The standard InChI is InChI=1S/C21H29N3O4S2/c1-15-7-6-12-23(14-15)30(27,28)21-16(2)22-24(17(21)3)29(25,26)20-11-10-18-8-4-5-9-19(18)13-20/h10-11,13,15H,4-9,12,14H2,1-3H3/t15-/m1/s1. The lowest BCUT2D eigenvalue weighted by Crippen LogP contribution is -2.39. The summed E-state index contributed by atoms with van der Waals surface area (Å²) in [7, 11) is -7.79. The summed E-state index contributed by atoms with van der Waals surface area (Å²) in [5.74, 6) is 0.281. The summed E-state index contributed by atoms with van der Waals surface area (Å²) >= 11 is 0. The Bertz CT molecular complexity index is 1180.